The zero-order valence-corrected chi connectivity index (χ0v) is 9.64. The molecule has 3 rings (SSSR count). The molecule has 17 heavy (non-hydrogen) atoms. The lowest BCUT2D eigenvalue weighted by Crippen LogP contribution is -1.81. The molecule has 5 nitrogen and oxygen atoms in total. The predicted octanol–water partition coefficient (Wildman–Crippen LogP) is 1.97. The van der Waals surface area contributed by atoms with E-state index in [0.29, 0.717) is 0 Å². The molecule has 0 saturated carbocycles. The van der Waals surface area contributed by atoms with Crippen LogP contribution in [0.25, 0.3) is 22.6 Å². The van der Waals surface area contributed by atoms with E-state index in [1.54, 1.807) is 13.4 Å². The standard InChI is InChI=1S/C12H12N4O/c1-16-6-11(13-7-16)12-14-9-4-3-8(17-2)5-10(9)15-12/h3-7H,1-2H3,(H,14,15). The number of methoxy groups -OCH3 is 1. The largest absolute Gasteiger partial charge is 0.497 e. The van der Waals surface area contributed by atoms with Gasteiger partial charge < -0.3 is 14.3 Å². The Hall–Kier alpha value is -2.30. The van der Waals surface area contributed by atoms with Crippen molar-refractivity contribution in [1.82, 2.24) is 19.5 Å². The third-order valence-corrected chi connectivity index (χ3v) is 2.64. The number of fused-ring (bicyclic) bond motifs is 1. The minimum absolute atomic E-state index is 0.772. The van der Waals surface area contributed by atoms with E-state index in [9.17, 15) is 0 Å². The Labute approximate surface area is 98.1 Å². The topological polar surface area (TPSA) is 55.7 Å². The van der Waals surface area contributed by atoms with Crippen LogP contribution in [0.2, 0.25) is 0 Å². The van der Waals surface area contributed by atoms with Crippen LogP contribution in [0.1, 0.15) is 0 Å². The number of rotatable bonds is 2. The van der Waals surface area contributed by atoms with Crippen molar-refractivity contribution in [3.8, 4) is 17.3 Å². The van der Waals surface area contributed by atoms with E-state index >= 15 is 0 Å². The quantitative estimate of drug-likeness (QED) is 0.729. The lowest BCUT2D eigenvalue weighted by molar-refractivity contribution is 0.415. The molecule has 0 fully saturated rings. The van der Waals surface area contributed by atoms with Crippen LogP contribution in [0.15, 0.2) is 30.7 Å². The zero-order chi connectivity index (χ0) is 11.8. The second kappa shape index (κ2) is 3.62. The average Bonchev–Trinajstić information content (AvgIpc) is 2.93. The summed E-state index contributed by atoms with van der Waals surface area (Å²) in [7, 11) is 3.58. The number of aryl methyl sites for hydroxylation is 1. The molecule has 1 N–H and O–H groups in total. The Morgan fingerprint density at radius 2 is 2.24 bits per heavy atom. The summed E-state index contributed by atoms with van der Waals surface area (Å²) < 4.78 is 7.07. The van der Waals surface area contributed by atoms with Gasteiger partial charge in [-0.25, -0.2) is 9.97 Å². The van der Waals surface area contributed by atoms with Gasteiger partial charge in [-0.15, -0.1) is 0 Å². The normalized spacial score (nSPS) is 10.9. The number of H-pyrrole nitrogens is 1. The number of aromatic nitrogens is 4. The molecule has 2 heterocycles. The first-order chi connectivity index (χ1) is 8.26. The third-order valence-electron chi connectivity index (χ3n) is 2.64. The van der Waals surface area contributed by atoms with Crippen molar-refractivity contribution in [3.63, 3.8) is 0 Å². The first-order valence-corrected chi connectivity index (χ1v) is 5.28. The van der Waals surface area contributed by atoms with E-state index in [1.165, 1.54) is 0 Å². The molecule has 0 radical (unpaired) electrons. The van der Waals surface area contributed by atoms with Crippen LogP contribution in [0.3, 0.4) is 0 Å². The fourth-order valence-electron chi connectivity index (χ4n) is 1.77. The number of ether oxygens (including phenoxy) is 1. The second-order valence-electron chi connectivity index (χ2n) is 3.89. The molecular weight excluding hydrogens is 216 g/mol. The van der Waals surface area contributed by atoms with E-state index in [2.05, 4.69) is 15.0 Å². The van der Waals surface area contributed by atoms with Crippen molar-refractivity contribution < 1.29 is 4.74 Å². The maximum atomic E-state index is 5.17. The van der Waals surface area contributed by atoms with Crippen LogP contribution >= 0.6 is 0 Å². The highest BCUT2D eigenvalue weighted by Crippen LogP contribution is 2.22. The van der Waals surface area contributed by atoms with Crippen LogP contribution < -0.4 is 4.74 Å². The summed E-state index contributed by atoms with van der Waals surface area (Å²) in [5.41, 5.74) is 2.69. The van der Waals surface area contributed by atoms with Gasteiger partial charge in [-0.2, -0.15) is 0 Å². The van der Waals surface area contributed by atoms with Gasteiger partial charge in [-0.3, -0.25) is 0 Å². The van der Waals surface area contributed by atoms with Crippen molar-refractivity contribution in [1.29, 1.82) is 0 Å². The molecule has 0 spiro atoms. The highest BCUT2D eigenvalue weighted by Gasteiger charge is 2.07. The predicted molar refractivity (Wildman–Crippen MR) is 64.8 cm³/mol. The van der Waals surface area contributed by atoms with Crippen molar-refractivity contribution in [2.24, 2.45) is 7.05 Å². The Balaban J connectivity index is 2.13. The number of aromatic amines is 1. The fourth-order valence-corrected chi connectivity index (χ4v) is 1.77. The SMILES string of the molecule is COc1ccc2nc(-c3cn(C)cn3)[nH]c2c1. The van der Waals surface area contributed by atoms with E-state index in [1.807, 2.05) is 36.0 Å². The van der Waals surface area contributed by atoms with Crippen LogP contribution in [0, 0.1) is 0 Å². The Kier molecular flexibility index (Phi) is 2.11. The summed E-state index contributed by atoms with van der Waals surface area (Å²) in [5, 5.41) is 0. The molecular formula is C12H12N4O. The molecule has 1 aromatic carbocycles. The highest BCUT2D eigenvalue weighted by atomic mass is 16.5. The van der Waals surface area contributed by atoms with Crippen LogP contribution in [-0.2, 0) is 7.05 Å². The van der Waals surface area contributed by atoms with Gasteiger partial charge in [0.25, 0.3) is 0 Å². The number of nitrogens with zero attached hydrogens (tertiary/aromatic N) is 3. The van der Waals surface area contributed by atoms with Gasteiger partial charge in [-0.05, 0) is 12.1 Å². The van der Waals surface area contributed by atoms with Gasteiger partial charge in [0.05, 0.1) is 24.5 Å². The third kappa shape index (κ3) is 1.65. The number of hydrogen-bond donors (Lipinski definition) is 1. The molecule has 0 atom stereocenters. The van der Waals surface area contributed by atoms with E-state index in [-0.39, 0.29) is 0 Å². The molecule has 3 aromatic rings. The molecule has 0 aliphatic carbocycles. The van der Waals surface area contributed by atoms with Gasteiger partial charge in [0.2, 0.25) is 0 Å². The summed E-state index contributed by atoms with van der Waals surface area (Å²) in [5.74, 6) is 1.59. The van der Waals surface area contributed by atoms with Crippen molar-refractivity contribution in [2.45, 2.75) is 0 Å². The molecule has 2 aromatic heterocycles. The minimum Gasteiger partial charge on any atom is -0.497 e. The number of imidazole rings is 2. The maximum absolute atomic E-state index is 5.17. The van der Waals surface area contributed by atoms with Gasteiger partial charge in [0.15, 0.2) is 5.82 Å². The lowest BCUT2D eigenvalue weighted by Gasteiger charge is -1.96. The summed E-state index contributed by atoms with van der Waals surface area (Å²) in [6.45, 7) is 0. The van der Waals surface area contributed by atoms with Crippen LogP contribution in [0.4, 0.5) is 0 Å². The Morgan fingerprint density at radius 3 is 2.94 bits per heavy atom. The molecule has 0 aliphatic rings. The van der Waals surface area contributed by atoms with Crippen molar-refractivity contribution in [3.05, 3.63) is 30.7 Å². The van der Waals surface area contributed by atoms with Gasteiger partial charge >= 0.3 is 0 Å². The molecule has 0 bridgehead atoms. The molecule has 0 amide bonds. The van der Waals surface area contributed by atoms with Crippen molar-refractivity contribution in [2.75, 3.05) is 7.11 Å². The number of benzene rings is 1. The summed E-state index contributed by atoms with van der Waals surface area (Å²) >= 11 is 0. The lowest BCUT2D eigenvalue weighted by atomic mass is 10.3. The van der Waals surface area contributed by atoms with Gasteiger partial charge in [-0.1, -0.05) is 0 Å². The Morgan fingerprint density at radius 1 is 1.35 bits per heavy atom. The fraction of sp³-hybridized carbons (Fsp3) is 0.167. The van der Waals surface area contributed by atoms with Crippen LogP contribution in [0.5, 0.6) is 5.75 Å². The smallest absolute Gasteiger partial charge is 0.158 e. The van der Waals surface area contributed by atoms with Crippen molar-refractivity contribution >= 4 is 11.0 Å². The zero-order valence-electron chi connectivity index (χ0n) is 9.64. The first kappa shape index (κ1) is 9.89. The van der Waals surface area contributed by atoms with E-state index < -0.39 is 0 Å². The first-order valence-electron chi connectivity index (χ1n) is 5.28. The molecule has 0 saturated heterocycles. The summed E-state index contributed by atoms with van der Waals surface area (Å²) in [6, 6.07) is 5.75. The summed E-state index contributed by atoms with van der Waals surface area (Å²) in [6.07, 6.45) is 3.68. The van der Waals surface area contributed by atoms with Gasteiger partial charge in [0.1, 0.15) is 11.4 Å². The molecule has 0 aliphatic heterocycles. The minimum atomic E-state index is 0.772. The molecule has 86 valence electrons. The average molecular weight is 228 g/mol. The maximum Gasteiger partial charge on any atom is 0.158 e. The summed E-state index contributed by atoms with van der Waals surface area (Å²) in [4.78, 5) is 12.0. The monoisotopic (exact) mass is 228 g/mol. The van der Waals surface area contributed by atoms with E-state index in [0.717, 1.165) is 28.3 Å². The second-order valence-corrected chi connectivity index (χ2v) is 3.89. The number of hydrogen-bond acceptors (Lipinski definition) is 3. The van der Waals surface area contributed by atoms with Gasteiger partial charge in [0, 0.05) is 19.3 Å². The highest BCUT2D eigenvalue weighted by molar-refractivity contribution is 5.80. The van der Waals surface area contributed by atoms with E-state index in [4.69, 9.17) is 4.74 Å². The molecule has 0 unspecified atom stereocenters. The van der Waals surface area contributed by atoms with Crippen LogP contribution in [-0.4, -0.2) is 26.6 Å². The number of nitrogens with one attached hydrogen (secondary N) is 1. The Bertz CT molecular complexity index is 668. The molecule has 5 heteroatoms.